The van der Waals surface area contributed by atoms with Gasteiger partial charge in [0.15, 0.2) is 0 Å². The summed E-state index contributed by atoms with van der Waals surface area (Å²) in [6.07, 6.45) is 4.14. The molecule has 1 aliphatic heterocycles. The van der Waals surface area contributed by atoms with Gasteiger partial charge in [0, 0.05) is 23.0 Å². The van der Waals surface area contributed by atoms with Crippen molar-refractivity contribution in [3.63, 3.8) is 0 Å². The van der Waals surface area contributed by atoms with Gasteiger partial charge < -0.3 is 24.3 Å². The maximum absolute atomic E-state index is 14.0. The SMILES string of the molecule is COc1ccc(OC)c2c1cc1n2C[C@](C)(C(=O)NC2CCCC2)N(Cc2cccc(Cl)c2)C1=O. The van der Waals surface area contributed by atoms with Crippen molar-refractivity contribution in [1.82, 2.24) is 14.8 Å². The van der Waals surface area contributed by atoms with Crippen LogP contribution in [0.3, 0.4) is 0 Å². The molecule has 5 rings (SSSR count). The second kappa shape index (κ2) is 9.11. The van der Waals surface area contributed by atoms with Gasteiger partial charge in [-0.1, -0.05) is 36.6 Å². The van der Waals surface area contributed by atoms with Crippen LogP contribution < -0.4 is 14.8 Å². The number of ether oxygens (including phenoxy) is 2. The van der Waals surface area contributed by atoms with Crippen molar-refractivity contribution in [2.24, 2.45) is 0 Å². The fourth-order valence-electron chi connectivity index (χ4n) is 5.43. The largest absolute Gasteiger partial charge is 0.496 e. The maximum atomic E-state index is 14.0. The molecule has 0 saturated heterocycles. The van der Waals surface area contributed by atoms with E-state index in [0.29, 0.717) is 28.8 Å². The first-order chi connectivity index (χ1) is 16.9. The molecule has 0 bridgehead atoms. The number of fused-ring (bicyclic) bond motifs is 3. The van der Waals surface area contributed by atoms with Gasteiger partial charge >= 0.3 is 0 Å². The van der Waals surface area contributed by atoms with Gasteiger partial charge in [0.2, 0.25) is 5.91 Å². The second-order valence-electron chi connectivity index (χ2n) is 9.60. The van der Waals surface area contributed by atoms with E-state index in [2.05, 4.69) is 5.32 Å². The summed E-state index contributed by atoms with van der Waals surface area (Å²) in [5, 5.41) is 4.60. The molecule has 0 unspecified atom stereocenters. The lowest BCUT2D eigenvalue weighted by Gasteiger charge is -2.44. The minimum absolute atomic E-state index is 0.139. The lowest BCUT2D eigenvalue weighted by Crippen LogP contribution is -2.64. The number of aromatic nitrogens is 1. The van der Waals surface area contributed by atoms with Gasteiger partial charge in [-0.25, -0.2) is 0 Å². The molecule has 3 aromatic rings. The second-order valence-corrected chi connectivity index (χ2v) is 10.0. The van der Waals surface area contributed by atoms with E-state index in [1.165, 1.54) is 0 Å². The Morgan fingerprint density at radius 1 is 1.11 bits per heavy atom. The van der Waals surface area contributed by atoms with E-state index < -0.39 is 5.54 Å². The van der Waals surface area contributed by atoms with Crippen molar-refractivity contribution in [1.29, 1.82) is 0 Å². The third kappa shape index (κ3) is 4.01. The highest BCUT2D eigenvalue weighted by molar-refractivity contribution is 6.30. The van der Waals surface area contributed by atoms with Crippen molar-refractivity contribution in [2.45, 2.75) is 57.3 Å². The summed E-state index contributed by atoms with van der Waals surface area (Å²) in [4.78, 5) is 29.6. The van der Waals surface area contributed by atoms with Crippen LogP contribution in [0.25, 0.3) is 10.9 Å². The van der Waals surface area contributed by atoms with E-state index in [9.17, 15) is 9.59 Å². The molecular weight excluding hydrogens is 466 g/mol. The standard InChI is InChI=1S/C27H30ClN3O4/c1-27(26(33)29-19-9-4-5-10-19)16-30-21(14-20-22(34-2)11-12-23(35-3)24(20)30)25(32)31(27)15-17-7-6-8-18(28)13-17/h6-8,11-14,19H,4-5,9-10,15-16H2,1-3H3,(H,29,33)/t27-/m1/s1. The molecule has 8 heteroatoms. The van der Waals surface area contributed by atoms with E-state index >= 15 is 0 Å². The smallest absolute Gasteiger partial charge is 0.271 e. The van der Waals surface area contributed by atoms with Gasteiger partial charge in [0.1, 0.15) is 22.7 Å². The first-order valence-electron chi connectivity index (χ1n) is 12.0. The van der Waals surface area contributed by atoms with E-state index in [1.54, 1.807) is 25.2 Å². The monoisotopic (exact) mass is 495 g/mol. The molecule has 2 amide bonds. The third-order valence-corrected chi connectivity index (χ3v) is 7.59. The Bertz CT molecular complexity index is 1300. The Kier molecular flexibility index (Phi) is 6.13. The van der Waals surface area contributed by atoms with E-state index in [-0.39, 0.29) is 24.4 Å². The van der Waals surface area contributed by atoms with Crippen LogP contribution in [0.1, 0.15) is 48.7 Å². The minimum Gasteiger partial charge on any atom is -0.496 e. The van der Waals surface area contributed by atoms with Gasteiger partial charge in [-0.3, -0.25) is 9.59 Å². The zero-order valence-corrected chi connectivity index (χ0v) is 21.0. The molecule has 1 aliphatic carbocycles. The van der Waals surface area contributed by atoms with Gasteiger partial charge in [0.05, 0.1) is 26.3 Å². The zero-order chi connectivity index (χ0) is 24.7. The molecule has 1 atom stereocenters. The number of carbonyl (C=O) groups is 2. The summed E-state index contributed by atoms with van der Waals surface area (Å²) in [7, 11) is 3.20. The van der Waals surface area contributed by atoms with Crippen LogP contribution in [0.4, 0.5) is 0 Å². The summed E-state index contributed by atoms with van der Waals surface area (Å²) >= 11 is 6.23. The summed E-state index contributed by atoms with van der Waals surface area (Å²) in [5.74, 6) is 0.908. The lowest BCUT2D eigenvalue weighted by molar-refractivity contribution is -0.133. The molecule has 184 valence electrons. The molecule has 2 aliphatic rings. The lowest BCUT2D eigenvalue weighted by atomic mass is 9.93. The first-order valence-corrected chi connectivity index (χ1v) is 12.3. The van der Waals surface area contributed by atoms with Crippen LogP contribution in [-0.2, 0) is 17.9 Å². The van der Waals surface area contributed by atoms with Crippen molar-refractivity contribution in [3.05, 3.63) is 58.7 Å². The number of nitrogens with zero attached hydrogens (tertiary/aromatic N) is 2. The highest BCUT2D eigenvalue weighted by Crippen LogP contribution is 2.40. The molecule has 2 heterocycles. The fourth-order valence-corrected chi connectivity index (χ4v) is 5.64. The molecule has 0 radical (unpaired) electrons. The molecule has 1 fully saturated rings. The quantitative estimate of drug-likeness (QED) is 0.534. The Balaban J connectivity index is 1.64. The number of nitrogens with one attached hydrogen (secondary N) is 1. The third-order valence-electron chi connectivity index (χ3n) is 7.36. The number of methoxy groups -OCH3 is 2. The Morgan fingerprint density at radius 3 is 2.51 bits per heavy atom. The number of hydrogen-bond acceptors (Lipinski definition) is 4. The van der Waals surface area contributed by atoms with Crippen LogP contribution in [0.2, 0.25) is 5.02 Å². The minimum atomic E-state index is -1.12. The van der Waals surface area contributed by atoms with Gasteiger partial charge in [-0.05, 0) is 55.7 Å². The predicted molar refractivity (Wildman–Crippen MR) is 135 cm³/mol. The molecule has 2 aromatic carbocycles. The van der Waals surface area contributed by atoms with E-state index in [1.807, 2.05) is 47.9 Å². The van der Waals surface area contributed by atoms with Crippen LogP contribution in [0.5, 0.6) is 11.5 Å². The molecule has 0 spiro atoms. The Morgan fingerprint density at radius 2 is 1.83 bits per heavy atom. The average Bonchev–Trinajstić information content (AvgIpc) is 3.49. The summed E-state index contributed by atoms with van der Waals surface area (Å²) in [5.41, 5.74) is 0.994. The number of hydrogen-bond donors (Lipinski definition) is 1. The highest BCUT2D eigenvalue weighted by atomic mass is 35.5. The van der Waals surface area contributed by atoms with Crippen molar-refractivity contribution >= 4 is 34.3 Å². The normalized spacial score (nSPS) is 20.2. The van der Waals surface area contributed by atoms with Gasteiger partial charge in [-0.2, -0.15) is 0 Å². The van der Waals surface area contributed by atoms with E-state index in [0.717, 1.165) is 42.1 Å². The maximum Gasteiger partial charge on any atom is 0.271 e. The van der Waals surface area contributed by atoms with Crippen LogP contribution in [0.15, 0.2) is 42.5 Å². The number of rotatable bonds is 6. The summed E-state index contributed by atoms with van der Waals surface area (Å²) in [6.45, 7) is 2.41. The van der Waals surface area contributed by atoms with Crippen molar-refractivity contribution in [2.75, 3.05) is 14.2 Å². The number of benzene rings is 2. The van der Waals surface area contributed by atoms with Crippen LogP contribution in [-0.4, -0.2) is 47.1 Å². The number of carbonyl (C=O) groups excluding carboxylic acids is 2. The highest BCUT2D eigenvalue weighted by Gasteiger charge is 2.48. The molecule has 1 N–H and O–H groups in total. The average molecular weight is 496 g/mol. The molecule has 35 heavy (non-hydrogen) atoms. The summed E-state index contributed by atoms with van der Waals surface area (Å²) < 4.78 is 13.1. The molecule has 1 aromatic heterocycles. The van der Waals surface area contributed by atoms with Gasteiger partial charge in [-0.15, -0.1) is 0 Å². The number of halogens is 1. The van der Waals surface area contributed by atoms with Crippen LogP contribution in [0, 0.1) is 0 Å². The fraction of sp³-hybridized carbons (Fsp3) is 0.407. The zero-order valence-electron chi connectivity index (χ0n) is 20.3. The van der Waals surface area contributed by atoms with Gasteiger partial charge in [0.25, 0.3) is 5.91 Å². The number of amides is 2. The molecule has 1 saturated carbocycles. The Labute approximate surface area is 209 Å². The van der Waals surface area contributed by atoms with Crippen LogP contribution >= 0.6 is 11.6 Å². The molecular formula is C27H30ClN3O4. The molecule has 7 nitrogen and oxygen atoms in total. The first kappa shape index (κ1) is 23.5. The van der Waals surface area contributed by atoms with Crippen molar-refractivity contribution < 1.29 is 19.1 Å². The van der Waals surface area contributed by atoms with Crippen molar-refractivity contribution in [3.8, 4) is 11.5 Å². The van der Waals surface area contributed by atoms with E-state index in [4.69, 9.17) is 21.1 Å². The predicted octanol–water partition coefficient (Wildman–Crippen LogP) is 4.79. The topological polar surface area (TPSA) is 72.8 Å². The summed E-state index contributed by atoms with van der Waals surface area (Å²) in [6, 6.07) is 13.0. The Hall–Kier alpha value is -3.19.